The summed E-state index contributed by atoms with van der Waals surface area (Å²) < 4.78 is 0. The molecule has 14 heavy (non-hydrogen) atoms. The van der Waals surface area contributed by atoms with E-state index in [1.165, 1.54) is 12.4 Å². The van der Waals surface area contributed by atoms with Gasteiger partial charge in [0.15, 0.2) is 0 Å². The summed E-state index contributed by atoms with van der Waals surface area (Å²) in [5, 5.41) is 11.5. The Morgan fingerprint density at radius 3 is 2.64 bits per heavy atom. The van der Waals surface area contributed by atoms with E-state index in [0.29, 0.717) is 5.95 Å². The van der Waals surface area contributed by atoms with E-state index in [1.807, 2.05) is 6.92 Å². The highest BCUT2D eigenvalue weighted by atomic mass is 16.4. The van der Waals surface area contributed by atoms with Gasteiger partial charge in [0.1, 0.15) is 0 Å². The van der Waals surface area contributed by atoms with Gasteiger partial charge in [0.05, 0.1) is 5.56 Å². The first-order valence-electron chi connectivity index (χ1n) is 4.08. The lowest BCUT2D eigenvalue weighted by Crippen LogP contribution is -2.14. The summed E-state index contributed by atoms with van der Waals surface area (Å²) in [4.78, 5) is 18.1. The highest BCUT2D eigenvalue weighted by Crippen LogP contribution is 2.02. The fraction of sp³-hybridized carbons (Fsp3) is 0.222. The molecule has 0 aliphatic heterocycles. The number of carbonyl (C=O) groups is 1. The number of carboxylic acid groups (broad SMARTS) is 1. The molecule has 0 aromatic carbocycles. The molecule has 1 unspecified atom stereocenters. The van der Waals surface area contributed by atoms with Gasteiger partial charge in [0, 0.05) is 18.4 Å². The molecule has 0 aliphatic carbocycles. The Balaban J connectivity index is 2.73. The number of hydrogen-bond acceptors (Lipinski definition) is 4. The standard InChI is InChI=1S/C9H11N3O2/c1-3-6(2)12-9-10-4-7(5-11-9)8(13)14/h3-6H,1H2,2H3,(H,13,14)(H,10,11,12). The van der Waals surface area contributed by atoms with Gasteiger partial charge in [-0.3, -0.25) is 0 Å². The molecular formula is C9H11N3O2. The Morgan fingerprint density at radius 1 is 1.64 bits per heavy atom. The average molecular weight is 193 g/mol. The van der Waals surface area contributed by atoms with Gasteiger partial charge in [0.2, 0.25) is 5.95 Å². The van der Waals surface area contributed by atoms with E-state index in [0.717, 1.165) is 0 Å². The molecule has 2 N–H and O–H groups in total. The van der Waals surface area contributed by atoms with Crippen LogP contribution in [0.25, 0.3) is 0 Å². The Morgan fingerprint density at radius 2 is 2.21 bits per heavy atom. The third kappa shape index (κ3) is 2.55. The van der Waals surface area contributed by atoms with Gasteiger partial charge in [-0.05, 0) is 6.92 Å². The van der Waals surface area contributed by atoms with Crippen LogP contribution in [-0.2, 0) is 0 Å². The maximum atomic E-state index is 10.5. The van der Waals surface area contributed by atoms with Crippen LogP contribution in [0.5, 0.6) is 0 Å². The predicted molar refractivity (Wildman–Crippen MR) is 52.3 cm³/mol. The first kappa shape index (κ1) is 10.2. The van der Waals surface area contributed by atoms with Crippen LogP contribution in [0.4, 0.5) is 5.95 Å². The van der Waals surface area contributed by atoms with Gasteiger partial charge in [-0.2, -0.15) is 0 Å². The van der Waals surface area contributed by atoms with E-state index >= 15 is 0 Å². The summed E-state index contributed by atoms with van der Waals surface area (Å²) in [6.07, 6.45) is 4.22. The smallest absolute Gasteiger partial charge is 0.338 e. The molecular weight excluding hydrogens is 182 g/mol. The Labute approximate surface area is 81.5 Å². The van der Waals surface area contributed by atoms with Crippen molar-refractivity contribution in [3.63, 3.8) is 0 Å². The molecule has 1 atom stereocenters. The molecule has 0 aliphatic rings. The van der Waals surface area contributed by atoms with Gasteiger partial charge in [-0.25, -0.2) is 14.8 Å². The lowest BCUT2D eigenvalue weighted by Gasteiger charge is -2.07. The highest BCUT2D eigenvalue weighted by Gasteiger charge is 2.04. The van der Waals surface area contributed by atoms with E-state index in [1.54, 1.807) is 6.08 Å². The lowest BCUT2D eigenvalue weighted by molar-refractivity contribution is 0.0696. The highest BCUT2D eigenvalue weighted by molar-refractivity contribution is 5.86. The molecule has 74 valence electrons. The maximum Gasteiger partial charge on any atom is 0.338 e. The zero-order valence-electron chi connectivity index (χ0n) is 7.77. The lowest BCUT2D eigenvalue weighted by atomic mass is 10.3. The van der Waals surface area contributed by atoms with Crippen molar-refractivity contribution in [2.45, 2.75) is 13.0 Å². The zero-order valence-corrected chi connectivity index (χ0v) is 7.77. The Kier molecular flexibility index (Phi) is 3.17. The van der Waals surface area contributed by atoms with Gasteiger partial charge < -0.3 is 10.4 Å². The molecule has 0 bridgehead atoms. The van der Waals surface area contributed by atoms with E-state index in [2.05, 4.69) is 21.9 Å². The fourth-order valence-corrected chi connectivity index (χ4v) is 0.776. The van der Waals surface area contributed by atoms with E-state index in [4.69, 9.17) is 5.11 Å². The minimum Gasteiger partial charge on any atom is -0.478 e. The third-order valence-electron chi connectivity index (χ3n) is 1.61. The Hall–Kier alpha value is -1.91. The van der Waals surface area contributed by atoms with Crippen molar-refractivity contribution in [3.8, 4) is 0 Å². The van der Waals surface area contributed by atoms with Crippen LogP contribution in [0, 0.1) is 0 Å². The quantitative estimate of drug-likeness (QED) is 0.702. The molecule has 0 amide bonds. The third-order valence-corrected chi connectivity index (χ3v) is 1.61. The second kappa shape index (κ2) is 4.36. The number of nitrogens with zero attached hydrogens (tertiary/aromatic N) is 2. The first-order chi connectivity index (χ1) is 6.63. The van der Waals surface area contributed by atoms with Crippen LogP contribution >= 0.6 is 0 Å². The van der Waals surface area contributed by atoms with Crippen molar-refractivity contribution in [3.05, 3.63) is 30.6 Å². The fourth-order valence-electron chi connectivity index (χ4n) is 0.776. The van der Waals surface area contributed by atoms with Crippen molar-refractivity contribution in [1.29, 1.82) is 0 Å². The van der Waals surface area contributed by atoms with Crippen molar-refractivity contribution in [1.82, 2.24) is 9.97 Å². The number of aromatic nitrogens is 2. The maximum absolute atomic E-state index is 10.5. The van der Waals surface area contributed by atoms with Gasteiger partial charge in [-0.15, -0.1) is 6.58 Å². The number of rotatable bonds is 4. The number of anilines is 1. The number of carboxylic acids is 1. The van der Waals surface area contributed by atoms with Crippen LogP contribution in [0.2, 0.25) is 0 Å². The van der Waals surface area contributed by atoms with Crippen LogP contribution in [0.15, 0.2) is 25.0 Å². The summed E-state index contributed by atoms with van der Waals surface area (Å²) in [5.74, 6) is -0.643. The van der Waals surface area contributed by atoms with E-state index in [-0.39, 0.29) is 11.6 Å². The first-order valence-corrected chi connectivity index (χ1v) is 4.08. The molecule has 0 saturated carbocycles. The normalized spacial score (nSPS) is 11.8. The molecule has 0 fully saturated rings. The molecule has 0 spiro atoms. The van der Waals surface area contributed by atoms with Crippen LogP contribution in [-0.4, -0.2) is 27.1 Å². The average Bonchev–Trinajstić information content (AvgIpc) is 2.18. The second-order valence-corrected chi connectivity index (χ2v) is 2.77. The van der Waals surface area contributed by atoms with Crippen molar-refractivity contribution < 1.29 is 9.90 Å². The summed E-state index contributed by atoms with van der Waals surface area (Å²) in [7, 11) is 0. The van der Waals surface area contributed by atoms with E-state index < -0.39 is 5.97 Å². The largest absolute Gasteiger partial charge is 0.478 e. The summed E-state index contributed by atoms with van der Waals surface area (Å²) >= 11 is 0. The van der Waals surface area contributed by atoms with Gasteiger partial charge >= 0.3 is 5.97 Å². The topological polar surface area (TPSA) is 75.1 Å². The number of hydrogen-bond donors (Lipinski definition) is 2. The number of aromatic carboxylic acids is 1. The summed E-state index contributed by atoms with van der Waals surface area (Å²) in [6.45, 7) is 5.48. The van der Waals surface area contributed by atoms with Crippen LogP contribution in [0.3, 0.4) is 0 Å². The van der Waals surface area contributed by atoms with Crippen molar-refractivity contribution in [2.75, 3.05) is 5.32 Å². The molecule has 1 aromatic rings. The minimum atomic E-state index is -1.03. The van der Waals surface area contributed by atoms with Crippen LogP contribution in [0.1, 0.15) is 17.3 Å². The predicted octanol–water partition coefficient (Wildman–Crippen LogP) is 1.16. The minimum absolute atomic E-state index is 0.0469. The van der Waals surface area contributed by atoms with Crippen molar-refractivity contribution >= 4 is 11.9 Å². The zero-order chi connectivity index (χ0) is 10.6. The second-order valence-electron chi connectivity index (χ2n) is 2.77. The molecule has 0 saturated heterocycles. The monoisotopic (exact) mass is 193 g/mol. The van der Waals surface area contributed by atoms with Crippen molar-refractivity contribution in [2.24, 2.45) is 0 Å². The molecule has 1 rings (SSSR count). The molecule has 5 nitrogen and oxygen atoms in total. The van der Waals surface area contributed by atoms with Crippen LogP contribution < -0.4 is 5.32 Å². The molecule has 1 heterocycles. The summed E-state index contributed by atoms with van der Waals surface area (Å²) in [6, 6.07) is 0.0469. The number of nitrogens with one attached hydrogen (secondary N) is 1. The molecule has 0 radical (unpaired) electrons. The SMILES string of the molecule is C=CC(C)Nc1ncc(C(=O)O)cn1. The molecule has 5 heteroatoms. The van der Waals surface area contributed by atoms with E-state index in [9.17, 15) is 4.79 Å². The van der Waals surface area contributed by atoms with Gasteiger partial charge in [0.25, 0.3) is 0 Å². The summed E-state index contributed by atoms with van der Waals surface area (Å²) in [5.41, 5.74) is 0.0711. The molecule has 1 aromatic heterocycles. The van der Waals surface area contributed by atoms with Gasteiger partial charge in [-0.1, -0.05) is 6.08 Å². The Bertz CT molecular complexity index is 334.